The number of benzene rings is 1. The maximum absolute atomic E-state index is 12.4. The minimum absolute atomic E-state index is 0.0583. The average molecular weight is 291 g/mol. The highest BCUT2D eigenvalue weighted by Gasteiger charge is 2.24. The summed E-state index contributed by atoms with van der Waals surface area (Å²) in [5.41, 5.74) is 2.65. The van der Waals surface area contributed by atoms with E-state index in [2.05, 4.69) is 43.0 Å². The molecule has 0 aliphatic carbocycles. The minimum Gasteiger partial charge on any atom is -0.342 e. The molecule has 0 N–H and O–H groups in total. The van der Waals surface area contributed by atoms with Crippen LogP contribution in [0.15, 0.2) is 24.3 Å². The van der Waals surface area contributed by atoms with E-state index in [0.717, 1.165) is 37.6 Å². The van der Waals surface area contributed by atoms with Crippen LogP contribution in [-0.2, 0) is 10.5 Å². The Morgan fingerprint density at radius 1 is 1.35 bits per heavy atom. The molecular weight excluding hydrogens is 266 g/mol. The van der Waals surface area contributed by atoms with Crippen molar-refractivity contribution in [3.05, 3.63) is 35.4 Å². The van der Waals surface area contributed by atoms with Gasteiger partial charge in [0.2, 0.25) is 5.91 Å². The van der Waals surface area contributed by atoms with Crippen molar-refractivity contribution < 1.29 is 4.79 Å². The fraction of sp³-hybridized carbons (Fsp3) is 0.588. The summed E-state index contributed by atoms with van der Waals surface area (Å²) in [4.78, 5) is 14.5. The first-order chi connectivity index (χ1) is 9.58. The number of rotatable bonds is 4. The van der Waals surface area contributed by atoms with Gasteiger partial charge in [-0.1, -0.05) is 31.2 Å². The molecule has 2 rings (SSSR count). The highest BCUT2D eigenvalue weighted by Crippen LogP contribution is 2.23. The summed E-state index contributed by atoms with van der Waals surface area (Å²) in [6.45, 7) is 8.33. The predicted molar refractivity (Wildman–Crippen MR) is 86.9 cm³/mol. The lowest BCUT2D eigenvalue weighted by Crippen LogP contribution is -2.41. The quantitative estimate of drug-likeness (QED) is 0.839. The zero-order valence-corrected chi connectivity index (χ0v) is 13.6. The summed E-state index contributed by atoms with van der Waals surface area (Å²) in [5.74, 6) is 2.01. The topological polar surface area (TPSA) is 20.3 Å². The molecule has 1 heterocycles. The Kier molecular flexibility index (Phi) is 5.53. The second-order valence-corrected chi connectivity index (χ2v) is 7.22. The van der Waals surface area contributed by atoms with Gasteiger partial charge in [0.05, 0.1) is 5.25 Å². The highest BCUT2D eigenvalue weighted by molar-refractivity contribution is 7.99. The van der Waals surface area contributed by atoms with Gasteiger partial charge in [-0.25, -0.2) is 0 Å². The molecule has 0 spiro atoms. The third-order valence-corrected chi connectivity index (χ3v) is 5.37. The smallest absolute Gasteiger partial charge is 0.235 e. The van der Waals surface area contributed by atoms with E-state index in [1.165, 1.54) is 11.1 Å². The van der Waals surface area contributed by atoms with Crippen LogP contribution < -0.4 is 0 Å². The Bertz CT molecular complexity index is 452. The first-order valence-electron chi connectivity index (χ1n) is 7.53. The summed E-state index contributed by atoms with van der Waals surface area (Å²) in [5, 5.41) is 0.0583. The number of thioether (sulfide) groups is 1. The van der Waals surface area contributed by atoms with Crippen molar-refractivity contribution in [3.8, 4) is 0 Å². The van der Waals surface area contributed by atoms with Crippen LogP contribution >= 0.6 is 11.8 Å². The summed E-state index contributed by atoms with van der Waals surface area (Å²) in [7, 11) is 0. The van der Waals surface area contributed by atoms with Crippen LogP contribution in [0.1, 0.15) is 37.8 Å². The molecule has 0 radical (unpaired) electrons. The lowest BCUT2D eigenvalue weighted by Gasteiger charge is -2.32. The summed E-state index contributed by atoms with van der Waals surface area (Å²) in [6.07, 6.45) is 2.31. The van der Waals surface area contributed by atoms with Gasteiger partial charge in [0.1, 0.15) is 0 Å². The van der Waals surface area contributed by atoms with Crippen molar-refractivity contribution in [1.29, 1.82) is 0 Å². The molecule has 0 bridgehead atoms. The Morgan fingerprint density at radius 3 is 2.65 bits per heavy atom. The van der Waals surface area contributed by atoms with E-state index in [0.29, 0.717) is 5.91 Å². The number of hydrogen-bond acceptors (Lipinski definition) is 2. The predicted octanol–water partition coefficient (Wildman–Crippen LogP) is 3.88. The normalized spacial score (nSPS) is 18.1. The van der Waals surface area contributed by atoms with Crippen LogP contribution in [0.5, 0.6) is 0 Å². The van der Waals surface area contributed by atoms with Crippen LogP contribution in [0.4, 0.5) is 0 Å². The number of carbonyl (C=O) groups is 1. The number of carbonyl (C=O) groups excluding carboxylic acids is 1. The van der Waals surface area contributed by atoms with Crippen LogP contribution in [0.25, 0.3) is 0 Å². The van der Waals surface area contributed by atoms with Crippen molar-refractivity contribution in [2.75, 3.05) is 13.1 Å². The SMILES string of the molecule is Cc1ccccc1CSC(C)C(=O)N1CCC(C)CC1. The molecule has 1 fully saturated rings. The largest absolute Gasteiger partial charge is 0.342 e. The zero-order chi connectivity index (χ0) is 14.5. The number of aryl methyl sites for hydroxylation is 1. The minimum atomic E-state index is 0.0583. The number of likely N-dealkylation sites (tertiary alicyclic amines) is 1. The van der Waals surface area contributed by atoms with Crippen molar-refractivity contribution in [2.24, 2.45) is 5.92 Å². The van der Waals surface area contributed by atoms with Gasteiger partial charge in [-0.2, -0.15) is 0 Å². The van der Waals surface area contributed by atoms with Gasteiger partial charge in [-0.15, -0.1) is 11.8 Å². The molecule has 1 atom stereocenters. The molecular formula is C17H25NOS. The van der Waals surface area contributed by atoms with Crippen molar-refractivity contribution >= 4 is 17.7 Å². The number of amides is 1. The maximum atomic E-state index is 12.4. The summed E-state index contributed by atoms with van der Waals surface area (Å²) >= 11 is 1.76. The van der Waals surface area contributed by atoms with Crippen LogP contribution in [-0.4, -0.2) is 29.1 Å². The highest BCUT2D eigenvalue weighted by atomic mass is 32.2. The van der Waals surface area contributed by atoms with E-state index < -0.39 is 0 Å². The van der Waals surface area contributed by atoms with Crippen LogP contribution in [0, 0.1) is 12.8 Å². The molecule has 1 aliphatic heterocycles. The molecule has 1 aromatic rings. The first-order valence-corrected chi connectivity index (χ1v) is 8.57. The lowest BCUT2D eigenvalue weighted by molar-refractivity contribution is -0.131. The van der Waals surface area contributed by atoms with Gasteiger partial charge in [0.25, 0.3) is 0 Å². The number of piperidine rings is 1. The van der Waals surface area contributed by atoms with E-state index in [1.807, 2.05) is 6.92 Å². The molecule has 1 unspecified atom stereocenters. The Morgan fingerprint density at radius 2 is 2.00 bits per heavy atom. The fourth-order valence-electron chi connectivity index (χ4n) is 2.54. The molecule has 1 amide bonds. The van der Waals surface area contributed by atoms with Crippen molar-refractivity contribution in [1.82, 2.24) is 4.90 Å². The monoisotopic (exact) mass is 291 g/mol. The molecule has 1 aliphatic rings. The second kappa shape index (κ2) is 7.16. The van der Waals surface area contributed by atoms with Crippen molar-refractivity contribution in [2.45, 2.75) is 44.6 Å². The van der Waals surface area contributed by atoms with Crippen LogP contribution in [0.3, 0.4) is 0 Å². The van der Waals surface area contributed by atoms with Crippen LogP contribution in [0.2, 0.25) is 0 Å². The third-order valence-electron chi connectivity index (χ3n) is 4.19. The van der Waals surface area contributed by atoms with Gasteiger partial charge in [-0.3, -0.25) is 4.79 Å². The molecule has 1 saturated heterocycles. The molecule has 20 heavy (non-hydrogen) atoms. The molecule has 0 saturated carbocycles. The van der Waals surface area contributed by atoms with E-state index in [4.69, 9.17) is 0 Å². The van der Waals surface area contributed by atoms with Gasteiger partial charge in [-0.05, 0) is 43.7 Å². The second-order valence-electron chi connectivity index (χ2n) is 5.89. The number of hydrogen-bond donors (Lipinski definition) is 0. The Labute approximate surface area is 126 Å². The fourth-order valence-corrected chi connectivity index (χ4v) is 3.59. The average Bonchev–Trinajstić information content (AvgIpc) is 2.46. The van der Waals surface area contributed by atoms with Gasteiger partial charge < -0.3 is 4.90 Å². The van der Waals surface area contributed by atoms with Gasteiger partial charge in [0, 0.05) is 18.8 Å². The lowest BCUT2D eigenvalue weighted by atomic mass is 9.99. The summed E-state index contributed by atoms with van der Waals surface area (Å²) < 4.78 is 0. The molecule has 2 nitrogen and oxygen atoms in total. The Balaban J connectivity index is 1.84. The maximum Gasteiger partial charge on any atom is 0.235 e. The number of nitrogens with zero attached hydrogens (tertiary/aromatic N) is 1. The van der Waals surface area contributed by atoms with Crippen molar-refractivity contribution in [3.63, 3.8) is 0 Å². The molecule has 1 aromatic carbocycles. The molecule has 110 valence electrons. The third kappa shape index (κ3) is 4.02. The van der Waals surface area contributed by atoms with Gasteiger partial charge in [0.15, 0.2) is 0 Å². The van der Waals surface area contributed by atoms with E-state index >= 15 is 0 Å². The molecule has 0 aromatic heterocycles. The van der Waals surface area contributed by atoms with E-state index in [-0.39, 0.29) is 5.25 Å². The molecule has 3 heteroatoms. The Hall–Kier alpha value is -0.960. The zero-order valence-electron chi connectivity index (χ0n) is 12.8. The first kappa shape index (κ1) is 15.4. The summed E-state index contributed by atoms with van der Waals surface area (Å²) in [6, 6.07) is 8.42. The van der Waals surface area contributed by atoms with Gasteiger partial charge >= 0.3 is 0 Å². The van der Waals surface area contributed by atoms with E-state index in [1.54, 1.807) is 11.8 Å². The standard InChI is InChI=1S/C17H25NOS/c1-13-8-10-18(11-9-13)17(19)15(3)20-12-16-7-5-4-6-14(16)2/h4-7,13,15H,8-12H2,1-3H3. The van der Waals surface area contributed by atoms with E-state index in [9.17, 15) is 4.79 Å².